The first-order valence-electron chi connectivity index (χ1n) is 8.32. The Hall–Kier alpha value is -1.06. The summed E-state index contributed by atoms with van der Waals surface area (Å²) in [5.41, 5.74) is 0.295. The Balaban J connectivity index is 1.96. The second-order valence-corrected chi connectivity index (χ2v) is 7.80. The van der Waals surface area contributed by atoms with Crippen LogP contribution in [-0.4, -0.2) is 35.0 Å². The van der Waals surface area contributed by atoms with Crippen molar-refractivity contribution >= 4 is 11.9 Å². The lowest BCUT2D eigenvalue weighted by Gasteiger charge is -2.41. The van der Waals surface area contributed by atoms with Crippen LogP contribution in [0.15, 0.2) is 0 Å². The van der Waals surface area contributed by atoms with Crippen LogP contribution in [0.4, 0.5) is 0 Å². The molecule has 1 aliphatic carbocycles. The van der Waals surface area contributed by atoms with E-state index in [9.17, 15) is 14.7 Å². The topological polar surface area (TPSA) is 57.6 Å². The molecule has 2 rings (SSSR count). The van der Waals surface area contributed by atoms with Gasteiger partial charge in [0.05, 0.1) is 11.8 Å². The molecule has 0 bridgehead atoms. The number of nitrogens with zero attached hydrogens (tertiary/aromatic N) is 1. The number of carboxylic acids is 1. The van der Waals surface area contributed by atoms with Crippen LogP contribution in [0, 0.1) is 23.2 Å². The summed E-state index contributed by atoms with van der Waals surface area (Å²) >= 11 is 0. The minimum Gasteiger partial charge on any atom is -0.481 e. The van der Waals surface area contributed by atoms with Crippen molar-refractivity contribution in [2.75, 3.05) is 13.1 Å². The predicted molar refractivity (Wildman–Crippen MR) is 81.8 cm³/mol. The molecule has 2 aliphatic rings. The van der Waals surface area contributed by atoms with E-state index >= 15 is 0 Å². The highest BCUT2D eigenvalue weighted by Gasteiger charge is 2.39. The molecule has 0 aromatic carbocycles. The fourth-order valence-electron chi connectivity index (χ4n) is 3.92. The van der Waals surface area contributed by atoms with E-state index in [0.29, 0.717) is 17.8 Å². The Kier molecular flexibility index (Phi) is 4.95. The molecule has 1 N–H and O–H groups in total. The van der Waals surface area contributed by atoms with Crippen molar-refractivity contribution in [1.29, 1.82) is 0 Å². The lowest BCUT2D eigenvalue weighted by Crippen LogP contribution is -2.47. The molecule has 120 valence electrons. The maximum Gasteiger partial charge on any atom is 0.307 e. The van der Waals surface area contributed by atoms with Crippen LogP contribution in [0.1, 0.15) is 59.3 Å². The van der Waals surface area contributed by atoms with Gasteiger partial charge in [0.2, 0.25) is 5.91 Å². The van der Waals surface area contributed by atoms with Gasteiger partial charge in [-0.05, 0) is 37.0 Å². The molecule has 4 nitrogen and oxygen atoms in total. The van der Waals surface area contributed by atoms with E-state index < -0.39 is 11.9 Å². The molecule has 21 heavy (non-hydrogen) atoms. The quantitative estimate of drug-likeness (QED) is 0.851. The summed E-state index contributed by atoms with van der Waals surface area (Å²) in [6, 6.07) is 0. The fraction of sp³-hybridized carbons (Fsp3) is 0.882. The zero-order valence-corrected chi connectivity index (χ0v) is 13.6. The Morgan fingerprint density at radius 3 is 1.95 bits per heavy atom. The number of carbonyl (C=O) groups excluding carboxylic acids is 1. The zero-order valence-electron chi connectivity index (χ0n) is 13.6. The molecule has 1 amide bonds. The van der Waals surface area contributed by atoms with Gasteiger partial charge in [0.1, 0.15) is 0 Å². The van der Waals surface area contributed by atoms with Gasteiger partial charge in [0.15, 0.2) is 0 Å². The number of aliphatic carboxylic acids is 1. The minimum atomic E-state index is -0.794. The van der Waals surface area contributed by atoms with E-state index in [1.165, 1.54) is 0 Å². The Labute approximate surface area is 127 Å². The van der Waals surface area contributed by atoms with Crippen molar-refractivity contribution in [3.05, 3.63) is 0 Å². The van der Waals surface area contributed by atoms with E-state index in [1.54, 1.807) is 0 Å². The van der Waals surface area contributed by atoms with Crippen LogP contribution in [0.5, 0.6) is 0 Å². The molecule has 0 aromatic heterocycles. The van der Waals surface area contributed by atoms with Crippen molar-refractivity contribution in [3.63, 3.8) is 0 Å². The number of carbonyl (C=O) groups is 2. The number of hydrogen-bond donors (Lipinski definition) is 1. The molecule has 4 heteroatoms. The van der Waals surface area contributed by atoms with Crippen molar-refractivity contribution in [2.45, 2.75) is 59.3 Å². The average molecular weight is 295 g/mol. The number of rotatable bonds is 2. The lowest BCUT2D eigenvalue weighted by molar-refractivity contribution is -0.153. The van der Waals surface area contributed by atoms with Crippen LogP contribution in [-0.2, 0) is 9.59 Å². The molecule has 2 atom stereocenters. The van der Waals surface area contributed by atoms with E-state index in [-0.39, 0.29) is 11.8 Å². The third kappa shape index (κ3) is 3.78. The Morgan fingerprint density at radius 1 is 0.952 bits per heavy atom. The summed E-state index contributed by atoms with van der Waals surface area (Å²) in [6.07, 6.45) is 5.41. The molecule has 1 heterocycles. The number of hydrogen-bond acceptors (Lipinski definition) is 2. The minimum absolute atomic E-state index is 0.0921. The van der Waals surface area contributed by atoms with Gasteiger partial charge in [0, 0.05) is 13.1 Å². The monoisotopic (exact) mass is 295 g/mol. The van der Waals surface area contributed by atoms with Gasteiger partial charge in [-0.3, -0.25) is 9.59 Å². The number of amides is 1. The second-order valence-electron chi connectivity index (χ2n) is 7.80. The maximum atomic E-state index is 12.7. The van der Waals surface area contributed by atoms with Crippen molar-refractivity contribution < 1.29 is 14.7 Å². The van der Waals surface area contributed by atoms with Crippen LogP contribution >= 0.6 is 0 Å². The van der Waals surface area contributed by atoms with Gasteiger partial charge in [-0.25, -0.2) is 0 Å². The third-order valence-electron chi connectivity index (χ3n) is 5.43. The van der Waals surface area contributed by atoms with Crippen LogP contribution in [0.2, 0.25) is 0 Å². The van der Waals surface area contributed by atoms with Crippen molar-refractivity contribution in [3.8, 4) is 0 Å². The first kappa shape index (κ1) is 16.3. The van der Waals surface area contributed by atoms with Crippen molar-refractivity contribution in [2.24, 2.45) is 23.2 Å². The zero-order chi connectivity index (χ0) is 15.6. The molecule has 0 aromatic rings. The highest BCUT2D eigenvalue weighted by molar-refractivity contribution is 5.85. The van der Waals surface area contributed by atoms with Crippen LogP contribution < -0.4 is 0 Å². The summed E-state index contributed by atoms with van der Waals surface area (Å²) in [6.45, 7) is 8.37. The smallest absolute Gasteiger partial charge is 0.307 e. The summed E-state index contributed by atoms with van der Waals surface area (Å²) < 4.78 is 0. The summed E-state index contributed by atoms with van der Waals surface area (Å²) in [5.74, 6) is -0.802. The van der Waals surface area contributed by atoms with E-state index in [4.69, 9.17) is 0 Å². The standard InChI is InChI=1S/C17H29NO3/c1-17(2,3)12-8-10-18(11-9-12)15(19)13-6-4-5-7-14(13)16(20)21/h12-14H,4-11H2,1-3H3,(H,20,21). The summed E-state index contributed by atoms with van der Waals surface area (Å²) in [5, 5.41) is 9.33. The second kappa shape index (κ2) is 6.37. The van der Waals surface area contributed by atoms with Gasteiger partial charge in [-0.15, -0.1) is 0 Å². The van der Waals surface area contributed by atoms with Gasteiger partial charge in [0.25, 0.3) is 0 Å². The first-order chi connectivity index (χ1) is 9.80. The summed E-state index contributed by atoms with van der Waals surface area (Å²) in [4.78, 5) is 26.0. The molecule has 0 radical (unpaired) electrons. The van der Waals surface area contributed by atoms with Gasteiger partial charge >= 0.3 is 5.97 Å². The number of likely N-dealkylation sites (tertiary alicyclic amines) is 1. The van der Waals surface area contributed by atoms with E-state index in [2.05, 4.69) is 20.8 Å². The van der Waals surface area contributed by atoms with Crippen LogP contribution in [0.3, 0.4) is 0 Å². The lowest BCUT2D eigenvalue weighted by atomic mass is 9.74. The van der Waals surface area contributed by atoms with Crippen LogP contribution in [0.25, 0.3) is 0 Å². The highest BCUT2D eigenvalue weighted by Crippen LogP contribution is 2.36. The number of piperidine rings is 1. The molecule has 2 fully saturated rings. The largest absolute Gasteiger partial charge is 0.481 e. The molecule has 1 aliphatic heterocycles. The molecule has 1 saturated heterocycles. The first-order valence-corrected chi connectivity index (χ1v) is 8.32. The Bertz CT molecular complexity index is 391. The SMILES string of the molecule is CC(C)(C)C1CCN(C(=O)C2CCCCC2C(=O)O)CC1. The van der Waals surface area contributed by atoms with E-state index in [1.807, 2.05) is 4.90 Å². The Morgan fingerprint density at radius 2 is 1.48 bits per heavy atom. The molecular weight excluding hydrogens is 266 g/mol. The van der Waals surface area contributed by atoms with Gasteiger partial charge < -0.3 is 10.0 Å². The average Bonchev–Trinajstić information content (AvgIpc) is 2.45. The maximum absolute atomic E-state index is 12.7. The van der Waals surface area contributed by atoms with E-state index in [0.717, 1.165) is 45.2 Å². The molecule has 1 saturated carbocycles. The highest BCUT2D eigenvalue weighted by atomic mass is 16.4. The fourth-order valence-corrected chi connectivity index (χ4v) is 3.92. The third-order valence-corrected chi connectivity index (χ3v) is 5.43. The molecular formula is C17H29NO3. The van der Waals surface area contributed by atoms with Gasteiger partial charge in [-0.1, -0.05) is 33.6 Å². The van der Waals surface area contributed by atoms with Gasteiger partial charge in [-0.2, -0.15) is 0 Å². The molecule has 2 unspecified atom stereocenters. The van der Waals surface area contributed by atoms with Crippen molar-refractivity contribution in [1.82, 2.24) is 4.90 Å². The normalized spacial score (nSPS) is 28.4. The molecule has 0 spiro atoms. The summed E-state index contributed by atoms with van der Waals surface area (Å²) in [7, 11) is 0. The predicted octanol–water partition coefficient (Wildman–Crippen LogP) is 3.16. The number of carboxylic acid groups (broad SMARTS) is 1.